The fraction of sp³-hybridized carbons (Fsp3) is 0.333. The smallest absolute Gasteiger partial charge is 0.319 e. The first-order chi connectivity index (χ1) is 8.04. The molecule has 0 atom stereocenters. The van der Waals surface area contributed by atoms with Crippen molar-refractivity contribution in [2.24, 2.45) is 0 Å². The second-order valence-corrected chi connectivity index (χ2v) is 3.88. The van der Waals surface area contributed by atoms with Gasteiger partial charge in [0.25, 0.3) is 0 Å². The normalized spacial score (nSPS) is 9.41. The van der Waals surface area contributed by atoms with Gasteiger partial charge in [-0.05, 0) is 18.5 Å². The van der Waals surface area contributed by atoms with Crippen molar-refractivity contribution >= 4 is 28.5 Å². The van der Waals surface area contributed by atoms with Crippen molar-refractivity contribution in [1.29, 1.82) is 5.26 Å². The Morgan fingerprint density at radius 3 is 2.88 bits per heavy atom. The fourth-order valence-electron chi connectivity index (χ4n) is 1.02. The Labute approximate surface area is 101 Å². The summed E-state index contributed by atoms with van der Waals surface area (Å²) < 4.78 is 3.93. The van der Waals surface area contributed by atoms with Gasteiger partial charge in [-0.2, -0.15) is 9.64 Å². The van der Waals surface area contributed by atoms with E-state index >= 15 is 0 Å². The van der Waals surface area contributed by atoms with Gasteiger partial charge in [-0.3, -0.25) is 10.1 Å². The lowest BCUT2D eigenvalue weighted by molar-refractivity contribution is -0.136. The number of anilines is 1. The minimum Gasteiger partial charge on any atom is -0.481 e. The van der Waals surface area contributed by atoms with Crippen LogP contribution in [-0.2, 0) is 4.79 Å². The van der Waals surface area contributed by atoms with Gasteiger partial charge in [-0.1, -0.05) is 0 Å². The summed E-state index contributed by atoms with van der Waals surface area (Å²) in [6.07, 6.45) is -0.153. The number of carbonyl (C=O) groups is 2. The van der Waals surface area contributed by atoms with Gasteiger partial charge in [0.15, 0.2) is 0 Å². The molecular formula is C9H10N4O3S. The molecule has 0 aromatic carbocycles. The van der Waals surface area contributed by atoms with Gasteiger partial charge in [0, 0.05) is 6.54 Å². The van der Waals surface area contributed by atoms with E-state index in [0.717, 1.165) is 11.5 Å². The number of carboxylic acids is 1. The van der Waals surface area contributed by atoms with Gasteiger partial charge in [-0.15, -0.1) is 0 Å². The largest absolute Gasteiger partial charge is 0.481 e. The van der Waals surface area contributed by atoms with Crippen molar-refractivity contribution in [3.63, 3.8) is 0 Å². The van der Waals surface area contributed by atoms with Crippen molar-refractivity contribution in [3.8, 4) is 6.07 Å². The molecule has 1 aromatic heterocycles. The molecule has 1 rings (SSSR count). The highest BCUT2D eigenvalue weighted by molar-refractivity contribution is 7.10. The standard InChI is InChI=1S/C9H10N4O3S/c1-5-6(4-10)8(17-13-5)12-9(16)11-3-2-7(14)15/h2-3H2,1H3,(H,14,15)(H2,11,12,16). The molecule has 0 unspecified atom stereocenters. The van der Waals surface area contributed by atoms with Crippen LogP contribution in [0.4, 0.5) is 9.80 Å². The molecule has 1 aromatic rings. The average Bonchev–Trinajstić information content (AvgIpc) is 2.58. The summed E-state index contributed by atoms with van der Waals surface area (Å²) in [6.45, 7) is 1.70. The van der Waals surface area contributed by atoms with Crippen LogP contribution in [0.5, 0.6) is 0 Å². The van der Waals surface area contributed by atoms with Crippen LogP contribution in [0, 0.1) is 18.3 Å². The predicted molar refractivity (Wildman–Crippen MR) is 60.8 cm³/mol. The monoisotopic (exact) mass is 254 g/mol. The number of aryl methyl sites for hydroxylation is 1. The maximum Gasteiger partial charge on any atom is 0.319 e. The van der Waals surface area contributed by atoms with Crippen LogP contribution in [0.15, 0.2) is 0 Å². The summed E-state index contributed by atoms with van der Waals surface area (Å²) in [5.74, 6) is -0.989. The quantitative estimate of drug-likeness (QED) is 0.739. The number of hydrogen-bond donors (Lipinski definition) is 3. The number of amides is 2. The number of hydrogen-bond acceptors (Lipinski definition) is 5. The molecule has 1 heterocycles. The zero-order chi connectivity index (χ0) is 12.8. The number of urea groups is 1. The molecule has 17 heavy (non-hydrogen) atoms. The van der Waals surface area contributed by atoms with E-state index in [4.69, 9.17) is 10.4 Å². The van der Waals surface area contributed by atoms with Crippen LogP contribution >= 0.6 is 11.5 Å². The molecule has 0 bridgehead atoms. The van der Waals surface area contributed by atoms with Crippen LogP contribution in [0.2, 0.25) is 0 Å². The number of carboxylic acid groups (broad SMARTS) is 1. The van der Waals surface area contributed by atoms with Crippen LogP contribution < -0.4 is 10.6 Å². The van der Waals surface area contributed by atoms with E-state index in [0.29, 0.717) is 16.3 Å². The van der Waals surface area contributed by atoms with Crippen LogP contribution in [0.25, 0.3) is 0 Å². The second-order valence-electron chi connectivity index (χ2n) is 3.11. The highest BCUT2D eigenvalue weighted by Gasteiger charge is 2.12. The highest BCUT2D eigenvalue weighted by Crippen LogP contribution is 2.22. The third-order valence-electron chi connectivity index (χ3n) is 1.83. The zero-order valence-electron chi connectivity index (χ0n) is 8.98. The summed E-state index contributed by atoms with van der Waals surface area (Å²) in [5.41, 5.74) is 0.877. The molecule has 0 radical (unpaired) electrons. The van der Waals surface area contributed by atoms with Crippen molar-refractivity contribution in [2.45, 2.75) is 13.3 Å². The predicted octanol–water partition coefficient (Wildman–Crippen LogP) is 0.919. The lowest BCUT2D eigenvalue weighted by Crippen LogP contribution is -2.30. The number of nitriles is 1. The molecule has 3 N–H and O–H groups in total. The summed E-state index contributed by atoms with van der Waals surface area (Å²) >= 11 is 1.01. The van der Waals surface area contributed by atoms with E-state index < -0.39 is 12.0 Å². The number of carbonyl (C=O) groups excluding carboxylic acids is 1. The molecule has 0 aliphatic heterocycles. The first kappa shape index (κ1) is 12.9. The Morgan fingerprint density at radius 2 is 2.29 bits per heavy atom. The summed E-state index contributed by atoms with van der Waals surface area (Å²) in [5, 5.41) is 22.4. The maximum absolute atomic E-state index is 11.3. The lowest BCUT2D eigenvalue weighted by Gasteiger charge is -2.04. The van der Waals surface area contributed by atoms with Crippen LogP contribution in [0.1, 0.15) is 17.7 Å². The highest BCUT2D eigenvalue weighted by atomic mass is 32.1. The van der Waals surface area contributed by atoms with E-state index in [2.05, 4.69) is 15.0 Å². The SMILES string of the molecule is Cc1nsc(NC(=O)NCCC(=O)O)c1C#N. The Kier molecular flexibility index (Phi) is 4.42. The van der Waals surface area contributed by atoms with Crippen molar-refractivity contribution in [1.82, 2.24) is 9.69 Å². The summed E-state index contributed by atoms with van der Waals surface area (Å²) in [7, 11) is 0. The van der Waals surface area contributed by atoms with Crippen molar-refractivity contribution in [3.05, 3.63) is 11.3 Å². The molecule has 7 nitrogen and oxygen atoms in total. The first-order valence-corrected chi connectivity index (χ1v) is 5.45. The third kappa shape index (κ3) is 3.73. The maximum atomic E-state index is 11.3. The number of rotatable bonds is 4. The summed E-state index contributed by atoms with van der Waals surface area (Å²) in [4.78, 5) is 21.5. The van der Waals surface area contributed by atoms with Gasteiger partial charge in [0.05, 0.1) is 12.1 Å². The molecule has 0 fully saturated rings. The van der Waals surface area contributed by atoms with Gasteiger partial charge < -0.3 is 10.4 Å². The average molecular weight is 254 g/mol. The topological polar surface area (TPSA) is 115 Å². The number of nitrogens with one attached hydrogen (secondary N) is 2. The molecule has 0 saturated carbocycles. The molecular weight excluding hydrogens is 244 g/mol. The van der Waals surface area contributed by atoms with E-state index in [1.54, 1.807) is 6.92 Å². The number of aromatic nitrogens is 1. The summed E-state index contributed by atoms with van der Waals surface area (Å²) in [6, 6.07) is 1.39. The molecule has 0 aliphatic rings. The molecule has 0 saturated heterocycles. The lowest BCUT2D eigenvalue weighted by atomic mass is 10.3. The van der Waals surface area contributed by atoms with Crippen molar-refractivity contribution in [2.75, 3.05) is 11.9 Å². The molecule has 90 valence electrons. The fourth-order valence-corrected chi connectivity index (χ4v) is 1.76. The molecule has 0 spiro atoms. The van der Waals surface area contributed by atoms with E-state index in [-0.39, 0.29) is 13.0 Å². The van der Waals surface area contributed by atoms with E-state index in [1.807, 2.05) is 6.07 Å². The molecule has 8 heteroatoms. The molecule has 2 amide bonds. The third-order valence-corrected chi connectivity index (χ3v) is 2.68. The van der Waals surface area contributed by atoms with Gasteiger partial charge in [-0.25, -0.2) is 4.79 Å². The minimum absolute atomic E-state index is 0.0286. The van der Waals surface area contributed by atoms with E-state index in [1.165, 1.54) is 0 Å². The van der Waals surface area contributed by atoms with Crippen LogP contribution in [-0.4, -0.2) is 28.0 Å². The second kappa shape index (κ2) is 5.81. The van der Waals surface area contributed by atoms with Crippen LogP contribution in [0.3, 0.4) is 0 Å². The van der Waals surface area contributed by atoms with Gasteiger partial charge >= 0.3 is 12.0 Å². The number of aliphatic carboxylic acids is 1. The minimum atomic E-state index is -0.989. The Bertz CT molecular complexity index is 477. The van der Waals surface area contributed by atoms with Gasteiger partial charge in [0.2, 0.25) is 0 Å². The zero-order valence-corrected chi connectivity index (χ0v) is 9.80. The Hall–Kier alpha value is -2.14. The Balaban J connectivity index is 2.51. The number of nitrogens with zero attached hydrogens (tertiary/aromatic N) is 2. The van der Waals surface area contributed by atoms with Crippen molar-refractivity contribution < 1.29 is 14.7 Å². The molecule has 0 aliphatic carbocycles. The first-order valence-electron chi connectivity index (χ1n) is 4.67. The van der Waals surface area contributed by atoms with E-state index in [9.17, 15) is 9.59 Å². The Morgan fingerprint density at radius 1 is 1.59 bits per heavy atom. The van der Waals surface area contributed by atoms with Gasteiger partial charge in [0.1, 0.15) is 16.6 Å².